The summed E-state index contributed by atoms with van der Waals surface area (Å²) in [7, 11) is 0. The van der Waals surface area contributed by atoms with Gasteiger partial charge in [-0.05, 0) is 30.2 Å². The van der Waals surface area contributed by atoms with E-state index in [-0.39, 0.29) is 0 Å². The minimum Gasteiger partial charge on any atom is -0.312 e. The molecule has 1 N–H and O–H groups in total. The summed E-state index contributed by atoms with van der Waals surface area (Å²) in [5.74, 6) is 1.41. The molecule has 0 spiro atoms. The molecule has 1 unspecified atom stereocenters. The fourth-order valence-corrected chi connectivity index (χ4v) is 3.28. The van der Waals surface area contributed by atoms with Crippen LogP contribution >= 0.6 is 0 Å². The van der Waals surface area contributed by atoms with Gasteiger partial charge in [-0.2, -0.15) is 0 Å². The molecule has 0 amide bonds. The molecule has 2 aromatic heterocycles. The maximum atomic E-state index is 4.87. The van der Waals surface area contributed by atoms with Crippen LogP contribution in [0.4, 0.5) is 0 Å². The Morgan fingerprint density at radius 2 is 2.14 bits per heavy atom. The summed E-state index contributed by atoms with van der Waals surface area (Å²) in [4.78, 5) is 9.37. The number of imidazole rings is 1. The Kier molecular flexibility index (Phi) is 2.97. The van der Waals surface area contributed by atoms with Gasteiger partial charge in [0.1, 0.15) is 11.3 Å². The minimum absolute atomic E-state index is 0.295. The van der Waals surface area contributed by atoms with Crippen molar-refractivity contribution < 1.29 is 0 Å². The van der Waals surface area contributed by atoms with Gasteiger partial charge in [-0.3, -0.25) is 0 Å². The maximum Gasteiger partial charge on any atom is 0.159 e. The molecule has 4 heteroatoms. The Bertz CT molecular complexity index is 790. The molecule has 0 aliphatic carbocycles. The number of hydrogen-bond acceptors (Lipinski definition) is 3. The van der Waals surface area contributed by atoms with Gasteiger partial charge in [-0.25, -0.2) is 9.97 Å². The Morgan fingerprint density at radius 1 is 1.24 bits per heavy atom. The third-order valence-corrected chi connectivity index (χ3v) is 4.26. The number of nitrogens with one attached hydrogen (secondary N) is 1. The molecule has 4 rings (SSSR count). The van der Waals surface area contributed by atoms with Crippen LogP contribution in [0.1, 0.15) is 29.8 Å². The second-order valence-corrected chi connectivity index (χ2v) is 5.44. The number of nitrogens with zero attached hydrogens (tertiary/aromatic N) is 3. The molecule has 0 saturated heterocycles. The van der Waals surface area contributed by atoms with Gasteiger partial charge in [-0.1, -0.05) is 24.3 Å². The van der Waals surface area contributed by atoms with E-state index >= 15 is 0 Å². The van der Waals surface area contributed by atoms with Crippen LogP contribution in [0.2, 0.25) is 0 Å². The summed E-state index contributed by atoms with van der Waals surface area (Å²) < 4.78 is 2.24. The minimum atomic E-state index is 0.295. The van der Waals surface area contributed by atoms with Crippen LogP contribution in [-0.2, 0) is 13.1 Å². The third kappa shape index (κ3) is 1.94. The monoisotopic (exact) mass is 278 g/mol. The first-order valence-electron chi connectivity index (χ1n) is 7.48. The molecular formula is C17H18N4. The number of aryl methyl sites for hydroxylation is 1. The SMILES string of the molecule is CCn1c(C2CNCc3ccccc32)nc2cccnc21. The highest BCUT2D eigenvalue weighted by atomic mass is 15.1. The molecule has 1 aromatic carbocycles. The van der Waals surface area contributed by atoms with Gasteiger partial charge in [-0.15, -0.1) is 0 Å². The molecule has 0 saturated carbocycles. The molecule has 0 bridgehead atoms. The number of aromatic nitrogens is 3. The Balaban J connectivity index is 1.91. The highest BCUT2D eigenvalue weighted by Crippen LogP contribution is 2.31. The number of pyridine rings is 1. The van der Waals surface area contributed by atoms with E-state index in [1.165, 1.54) is 11.1 Å². The normalized spacial score (nSPS) is 17.9. The number of benzene rings is 1. The summed E-state index contributed by atoms with van der Waals surface area (Å²) >= 11 is 0. The Hall–Kier alpha value is -2.20. The lowest BCUT2D eigenvalue weighted by Crippen LogP contribution is -2.30. The molecule has 0 radical (unpaired) electrons. The van der Waals surface area contributed by atoms with Crippen LogP contribution in [0.25, 0.3) is 11.2 Å². The molecule has 0 fully saturated rings. The summed E-state index contributed by atoms with van der Waals surface area (Å²) in [6.07, 6.45) is 1.84. The molecule has 4 nitrogen and oxygen atoms in total. The van der Waals surface area contributed by atoms with Crippen molar-refractivity contribution in [2.24, 2.45) is 0 Å². The second kappa shape index (κ2) is 4.97. The first-order chi connectivity index (χ1) is 10.4. The van der Waals surface area contributed by atoms with Gasteiger partial charge in [0.25, 0.3) is 0 Å². The molecule has 106 valence electrons. The highest BCUT2D eigenvalue weighted by molar-refractivity contribution is 5.71. The van der Waals surface area contributed by atoms with Gasteiger partial charge < -0.3 is 9.88 Å². The lowest BCUT2D eigenvalue weighted by molar-refractivity contribution is 0.551. The molecule has 1 atom stereocenters. The average Bonchev–Trinajstić information content (AvgIpc) is 2.92. The number of fused-ring (bicyclic) bond motifs is 2. The van der Waals surface area contributed by atoms with E-state index in [2.05, 4.69) is 46.1 Å². The maximum absolute atomic E-state index is 4.87. The van der Waals surface area contributed by atoms with E-state index in [1.54, 1.807) is 0 Å². The first-order valence-corrected chi connectivity index (χ1v) is 7.48. The fourth-order valence-electron chi connectivity index (χ4n) is 3.28. The fraction of sp³-hybridized carbons (Fsp3) is 0.294. The third-order valence-electron chi connectivity index (χ3n) is 4.26. The smallest absolute Gasteiger partial charge is 0.159 e. The summed E-state index contributed by atoms with van der Waals surface area (Å²) in [6, 6.07) is 12.6. The zero-order chi connectivity index (χ0) is 14.2. The topological polar surface area (TPSA) is 42.7 Å². The largest absolute Gasteiger partial charge is 0.312 e. The first kappa shape index (κ1) is 12.5. The van der Waals surface area contributed by atoms with Crippen molar-refractivity contribution in [2.45, 2.75) is 25.9 Å². The highest BCUT2D eigenvalue weighted by Gasteiger charge is 2.26. The van der Waals surface area contributed by atoms with Crippen LogP contribution in [0.5, 0.6) is 0 Å². The standard InChI is InChI=1S/C17H18N4/c1-2-21-16(20-15-8-5-9-19-17(15)21)14-11-18-10-12-6-3-4-7-13(12)14/h3-9,14,18H,2,10-11H2,1H3. The number of hydrogen-bond donors (Lipinski definition) is 1. The van der Waals surface area contributed by atoms with Gasteiger partial charge in [0.2, 0.25) is 0 Å². The van der Waals surface area contributed by atoms with Crippen molar-refractivity contribution >= 4 is 11.2 Å². The van der Waals surface area contributed by atoms with Crippen LogP contribution in [0.15, 0.2) is 42.6 Å². The van der Waals surface area contributed by atoms with Crippen LogP contribution < -0.4 is 5.32 Å². The van der Waals surface area contributed by atoms with Crippen LogP contribution in [0, 0.1) is 0 Å². The molecule has 1 aliphatic rings. The zero-order valence-corrected chi connectivity index (χ0v) is 12.1. The summed E-state index contributed by atoms with van der Waals surface area (Å²) in [6.45, 7) is 4.92. The lowest BCUT2D eigenvalue weighted by atomic mass is 9.90. The van der Waals surface area contributed by atoms with Gasteiger partial charge in [0.05, 0.1) is 5.92 Å². The summed E-state index contributed by atoms with van der Waals surface area (Å²) in [5, 5.41) is 3.51. The average molecular weight is 278 g/mol. The number of rotatable bonds is 2. The van der Waals surface area contributed by atoms with Gasteiger partial charge in [0.15, 0.2) is 5.65 Å². The van der Waals surface area contributed by atoms with Gasteiger partial charge in [0, 0.05) is 25.8 Å². The van der Waals surface area contributed by atoms with Crippen molar-refractivity contribution in [3.63, 3.8) is 0 Å². The predicted octanol–water partition coefficient (Wildman–Crippen LogP) is 2.69. The van der Waals surface area contributed by atoms with Crippen molar-refractivity contribution in [1.29, 1.82) is 0 Å². The molecule has 3 heterocycles. The van der Waals surface area contributed by atoms with E-state index in [0.29, 0.717) is 5.92 Å². The quantitative estimate of drug-likeness (QED) is 0.783. The lowest BCUT2D eigenvalue weighted by Gasteiger charge is -2.26. The van der Waals surface area contributed by atoms with E-state index < -0.39 is 0 Å². The van der Waals surface area contributed by atoms with Crippen molar-refractivity contribution in [2.75, 3.05) is 6.54 Å². The Labute approximate surface area is 123 Å². The second-order valence-electron chi connectivity index (χ2n) is 5.44. The molecular weight excluding hydrogens is 260 g/mol. The van der Waals surface area contributed by atoms with Crippen molar-refractivity contribution in [3.8, 4) is 0 Å². The van der Waals surface area contributed by atoms with E-state index in [1.807, 2.05) is 18.3 Å². The van der Waals surface area contributed by atoms with Crippen molar-refractivity contribution in [1.82, 2.24) is 19.9 Å². The molecule has 1 aliphatic heterocycles. The zero-order valence-electron chi connectivity index (χ0n) is 12.1. The Morgan fingerprint density at radius 3 is 3.05 bits per heavy atom. The predicted molar refractivity (Wildman–Crippen MR) is 83.2 cm³/mol. The van der Waals surface area contributed by atoms with E-state index in [0.717, 1.165) is 36.6 Å². The van der Waals surface area contributed by atoms with Gasteiger partial charge >= 0.3 is 0 Å². The van der Waals surface area contributed by atoms with Crippen LogP contribution in [-0.4, -0.2) is 21.1 Å². The van der Waals surface area contributed by atoms with E-state index in [4.69, 9.17) is 4.98 Å². The molecule has 3 aromatic rings. The summed E-state index contributed by atoms with van der Waals surface area (Å²) in [5.41, 5.74) is 4.73. The van der Waals surface area contributed by atoms with Crippen molar-refractivity contribution in [3.05, 3.63) is 59.5 Å². The van der Waals surface area contributed by atoms with Crippen LogP contribution in [0.3, 0.4) is 0 Å². The van der Waals surface area contributed by atoms with E-state index in [9.17, 15) is 0 Å². The molecule has 21 heavy (non-hydrogen) atoms.